The van der Waals surface area contributed by atoms with Crippen molar-refractivity contribution in [1.82, 2.24) is 15.1 Å². The summed E-state index contributed by atoms with van der Waals surface area (Å²) in [5.41, 5.74) is -1.23. The summed E-state index contributed by atoms with van der Waals surface area (Å²) in [4.78, 5) is 33.9. The highest BCUT2D eigenvalue weighted by molar-refractivity contribution is 6.01. The van der Waals surface area contributed by atoms with E-state index in [9.17, 15) is 14.4 Å². The van der Waals surface area contributed by atoms with E-state index < -0.39 is 23.3 Å². The number of aliphatic carboxylic acids is 1. The highest BCUT2D eigenvalue weighted by Crippen LogP contribution is 2.19. The first-order valence-corrected chi connectivity index (χ1v) is 5.54. The summed E-state index contributed by atoms with van der Waals surface area (Å²) in [5, 5.41) is 17.2. The van der Waals surface area contributed by atoms with Crippen LogP contribution in [-0.2, 0) is 16.6 Å². The molecule has 1 aromatic rings. The average molecular weight is 268 g/mol. The molecule has 0 atom stereocenters. The van der Waals surface area contributed by atoms with Gasteiger partial charge in [0.2, 0.25) is 5.91 Å². The van der Waals surface area contributed by atoms with E-state index in [1.165, 1.54) is 24.7 Å². The van der Waals surface area contributed by atoms with Gasteiger partial charge in [-0.15, -0.1) is 0 Å². The lowest BCUT2D eigenvalue weighted by atomic mass is 9.89. The molecule has 8 nitrogen and oxygen atoms in total. The maximum atomic E-state index is 11.5. The van der Waals surface area contributed by atoms with Crippen molar-refractivity contribution in [3.63, 3.8) is 0 Å². The van der Waals surface area contributed by atoms with Crippen molar-refractivity contribution in [1.29, 1.82) is 0 Å². The Morgan fingerprint density at radius 3 is 2.53 bits per heavy atom. The van der Waals surface area contributed by atoms with E-state index in [0.717, 1.165) is 0 Å². The van der Waals surface area contributed by atoms with Crippen LogP contribution in [0.15, 0.2) is 12.3 Å². The SMILES string of the molecule is Cn1nccc1NC(=O)NC(=O)CC(C)(C)C(=O)O. The Hall–Kier alpha value is -2.38. The Labute approximate surface area is 109 Å². The van der Waals surface area contributed by atoms with Gasteiger partial charge in [0.15, 0.2) is 0 Å². The minimum Gasteiger partial charge on any atom is -0.481 e. The molecule has 19 heavy (non-hydrogen) atoms. The van der Waals surface area contributed by atoms with Crippen LogP contribution < -0.4 is 10.6 Å². The topological polar surface area (TPSA) is 113 Å². The largest absolute Gasteiger partial charge is 0.481 e. The molecule has 0 saturated carbocycles. The number of imide groups is 1. The van der Waals surface area contributed by atoms with Gasteiger partial charge in [-0.2, -0.15) is 5.10 Å². The number of aryl methyl sites for hydroxylation is 1. The molecule has 1 heterocycles. The first-order chi connectivity index (χ1) is 8.72. The smallest absolute Gasteiger partial charge is 0.327 e. The van der Waals surface area contributed by atoms with E-state index in [1.807, 2.05) is 0 Å². The Bertz CT molecular complexity index is 507. The maximum Gasteiger partial charge on any atom is 0.327 e. The zero-order valence-corrected chi connectivity index (χ0v) is 10.9. The Morgan fingerprint density at radius 1 is 1.42 bits per heavy atom. The molecule has 0 fully saturated rings. The second kappa shape index (κ2) is 5.51. The normalized spacial score (nSPS) is 10.9. The van der Waals surface area contributed by atoms with Crippen LogP contribution in [0.3, 0.4) is 0 Å². The molecule has 0 spiro atoms. The van der Waals surface area contributed by atoms with Gasteiger partial charge in [0, 0.05) is 19.5 Å². The summed E-state index contributed by atoms with van der Waals surface area (Å²) in [6.45, 7) is 2.82. The van der Waals surface area contributed by atoms with Crippen LogP contribution in [0.25, 0.3) is 0 Å². The van der Waals surface area contributed by atoms with Crippen LogP contribution in [0, 0.1) is 5.41 Å². The third-order valence-corrected chi connectivity index (χ3v) is 2.50. The van der Waals surface area contributed by atoms with Crippen molar-refractivity contribution >= 4 is 23.7 Å². The lowest BCUT2D eigenvalue weighted by Crippen LogP contribution is -2.39. The average Bonchev–Trinajstić information content (AvgIpc) is 2.62. The van der Waals surface area contributed by atoms with Gasteiger partial charge in [-0.25, -0.2) is 4.79 Å². The van der Waals surface area contributed by atoms with Crippen molar-refractivity contribution in [2.45, 2.75) is 20.3 Å². The number of carbonyl (C=O) groups excluding carboxylic acids is 2. The second-order valence-corrected chi connectivity index (χ2v) is 4.71. The number of hydrogen-bond donors (Lipinski definition) is 3. The summed E-state index contributed by atoms with van der Waals surface area (Å²) < 4.78 is 1.42. The number of carboxylic acids is 1. The molecular weight excluding hydrogens is 252 g/mol. The molecule has 0 aromatic carbocycles. The number of rotatable bonds is 4. The minimum atomic E-state index is -1.23. The predicted molar refractivity (Wildman–Crippen MR) is 66.4 cm³/mol. The summed E-state index contributed by atoms with van der Waals surface area (Å²) in [6.07, 6.45) is 1.20. The molecule has 0 unspecified atom stereocenters. The Kier molecular flexibility index (Phi) is 4.26. The number of nitrogens with one attached hydrogen (secondary N) is 2. The van der Waals surface area contributed by atoms with E-state index >= 15 is 0 Å². The number of carbonyl (C=O) groups is 3. The standard InChI is InChI=1S/C11H16N4O4/c1-11(2,9(17)18)6-8(16)14-10(19)13-7-4-5-12-15(7)3/h4-5H,6H2,1-3H3,(H,17,18)(H2,13,14,16,19). The fourth-order valence-electron chi connectivity index (χ4n) is 1.29. The molecular formula is C11H16N4O4. The van der Waals surface area contributed by atoms with Crippen molar-refractivity contribution in [2.24, 2.45) is 12.5 Å². The van der Waals surface area contributed by atoms with Gasteiger partial charge in [0.25, 0.3) is 0 Å². The predicted octanol–water partition coefficient (Wildman–Crippen LogP) is 0.569. The van der Waals surface area contributed by atoms with Crippen molar-refractivity contribution in [2.75, 3.05) is 5.32 Å². The first-order valence-electron chi connectivity index (χ1n) is 5.54. The molecule has 0 aliphatic heterocycles. The molecule has 1 rings (SSSR count). The minimum absolute atomic E-state index is 0.291. The van der Waals surface area contributed by atoms with Crippen LogP contribution in [0.5, 0.6) is 0 Å². The summed E-state index contributed by atoms with van der Waals surface area (Å²) >= 11 is 0. The number of nitrogens with zero attached hydrogens (tertiary/aromatic N) is 2. The molecule has 3 N–H and O–H groups in total. The van der Waals surface area contributed by atoms with Crippen LogP contribution in [-0.4, -0.2) is 32.8 Å². The quantitative estimate of drug-likeness (QED) is 0.738. The zero-order chi connectivity index (χ0) is 14.6. The molecule has 3 amide bonds. The number of hydrogen-bond acceptors (Lipinski definition) is 4. The van der Waals surface area contributed by atoms with Crippen LogP contribution in [0.4, 0.5) is 10.6 Å². The number of anilines is 1. The molecule has 104 valence electrons. The highest BCUT2D eigenvalue weighted by Gasteiger charge is 2.30. The van der Waals surface area contributed by atoms with Gasteiger partial charge in [0.05, 0.1) is 11.6 Å². The number of amides is 3. The van der Waals surface area contributed by atoms with Gasteiger partial charge in [-0.1, -0.05) is 0 Å². The Morgan fingerprint density at radius 2 is 2.05 bits per heavy atom. The van der Waals surface area contributed by atoms with Crippen LogP contribution >= 0.6 is 0 Å². The summed E-state index contributed by atoms with van der Waals surface area (Å²) in [7, 11) is 1.63. The summed E-state index contributed by atoms with van der Waals surface area (Å²) in [5.74, 6) is -1.34. The van der Waals surface area contributed by atoms with Crippen molar-refractivity contribution in [3.8, 4) is 0 Å². The van der Waals surface area contributed by atoms with Gasteiger partial charge >= 0.3 is 12.0 Å². The summed E-state index contributed by atoms with van der Waals surface area (Å²) in [6, 6.07) is 0.834. The first kappa shape index (κ1) is 14.7. The van der Waals surface area contributed by atoms with Gasteiger partial charge in [0.1, 0.15) is 5.82 Å². The zero-order valence-electron chi connectivity index (χ0n) is 10.9. The van der Waals surface area contributed by atoms with Gasteiger partial charge in [-0.05, 0) is 13.8 Å². The van der Waals surface area contributed by atoms with Gasteiger partial charge in [-0.3, -0.25) is 24.9 Å². The van der Waals surface area contributed by atoms with Crippen LogP contribution in [0.1, 0.15) is 20.3 Å². The number of carboxylic acid groups (broad SMARTS) is 1. The van der Waals surface area contributed by atoms with E-state index in [-0.39, 0.29) is 6.42 Å². The third-order valence-electron chi connectivity index (χ3n) is 2.50. The molecule has 1 aromatic heterocycles. The molecule has 0 bridgehead atoms. The molecule has 0 saturated heterocycles. The van der Waals surface area contributed by atoms with E-state index in [2.05, 4.69) is 15.7 Å². The highest BCUT2D eigenvalue weighted by atomic mass is 16.4. The van der Waals surface area contributed by atoms with E-state index in [0.29, 0.717) is 5.82 Å². The second-order valence-electron chi connectivity index (χ2n) is 4.71. The van der Waals surface area contributed by atoms with E-state index in [4.69, 9.17) is 5.11 Å². The van der Waals surface area contributed by atoms with Crippen molar-refractivity contribution in [3.05, 3.63) is 12.3 Å². The monoisotopic (exact) mass is 268 g/mol. The lowest BCUT2D eigenvalue weighted by molar-refractivity contribution is -0.149. The molecule has 0 radical (unpaired) electrons. The molecule has 8 heteroatoms. The van der Waals surface area contributed by atoms with E-state index in [1.54, 1.807) is 13.1 Å². The lowest BCUT2D eigenvalue weighted by Gasteiger charge is -2.17. The fourth-order valence-corrected chi connectivity index (χ4v) is 1.29. The van der Waals surface area contributed by atoms with Crippen molar-refractivity contribution < 1.29 is 19.5 Å². The number of aromatic nitrogens is 2. The molecule has 0 aliphatic rings. The Balaban J connectivity index is 2.52. The third kappa shape index (κ3) is 4.09. The fraction of sp³-hybridized carbons (Fsp3) is 0.455. The molecule has 0 aliphatic carbocycles. The number of urea groups is 1. The maximum absolute atomic E-state index is 11.5. The van der Waals surface area contributed by atoms with Crippen LogP contribution in [0.2, 0.25) is 0 Å². The van der Waals surface area contributed by atoms with Gasteiger partial charge < -0.3 is 5.11 Å².